The van der Waals surface area contributed by atoms with Crippen LogP contribution in [0.3, 0.4) is 0 Å². The normalized spacial score (nSPS) is 21.2. The van der Waals surface area contributed by atoms with Crippen molar-refractivity contribution >= 4 is 5.91 Å². The maximum absolute atomic E-state index is 12.2. The van der Waals surface area contributed by atoms with Crippen LogP contribution in [0.2, 0.25) is 0 Å². The molecule has 1 atom stereocenters. The van der Waals surface area contributed by atoms with Gasteiger partial charge in [-0.1, -0.05) is 0 Å². The van der Waals surface area contributed by atoms with Gasteiger partial charge in [-0.25, -0.2) is 0 Å². The zero-order valence-electron chi connectivity index (χ0n) is 9.66. The van der Waals surface area contributed by atoms with E-state index in [9.17, 15) is 9.90 Å². The monoisotopic (exact) mass is 223 g/mol. The molecule has 0 saturated carbocycles. The molecule has 0 radical (unpaired) electrons. The first-order chi connectivity index (χ1) is 7.59. The summed E-state index contributed by atoms with van der Waals surface area (Å²) >= 11 is 0. The van der Waals surface area contributed by atoms with Gasteiger partial charge in [0.05, 0.1) is 17.4 Å². The summed E-state index contributed by atoms with van der Waals surface area (Å²) in [6, 6.07) is 0. The van der Waals surface area contributed by atoms with E-state index in [-0.39, 0.29) is 12.0 Å². The highest BCUT2D eigenvalue weighted by Gasteiger charge is 2.26. The summed E-state index contributed by atoms with van der Waals surface area (Å²) in [6.07, 6.45) is 1.26. The first-order valence-electron chi connectivity index (χ1n) is 5.58. The number of β-amino-alcohol motifs (C(OH)–C–C–N with tert-alkyl or cyclic N) is 1. The minimum atomic E-state index is -0.384. The van der Waals surface area contributed by atoms with E-state index in [4.69, 9.17) is 0 Å². The van der Waals surface area contributed by atoms with E-state index in [0.717, 1.165) is 30.8 Å². The van der Waals surface area contributed by atoms with Crippen LogP contribution < -0.4 is 0 Å². The van der Waals surface area contributed by atoms with Crippen LogP contribution in [0.1, 0.15) is 34.6 Å². The van der Waals surface area contributed by atoms with Crippen molar-refractivity contribution in [2.24, 2.45) is 0 Å². The number of aromatic amines is 1. The van der Waals surface area contributed by atoms with E-state index >= 15 is 0 Å². The van der Waals surface area contributed by atoms with Crippen molar-refractivity contribution in [3.05, 3.63) is 17.0 Å². The molecule has 0 spiro atoms. The Kier molecular flexibility index (Phi) is 2.96. The average Bonchev–Trinajstić information content (AvgIpc) is 2.58. The zero-order chi connectivity index (χ0) is 11.7. The maximum Gasteiger partial charge on any atom is 0.257 e. The van der Waals surface area contributed by atoms with Gasteiger partial charge in [0.2, 0.25) is 0 Å². The summed E-state index contributed by atoms with van der Waals surface area (Å²) < 4.78 is 0. The molecule has 1 aliphatic rings. The lowest BCUT2D eigenvalue weighted by Gasteiger charge is -2.30. The lowest BCUT2D eigenvalue weighted by molar-refractivity contribution is 0.0472. The number of H-pyrrole nitrogens is 1. The van der Waals surface area contributed by atoms with Gasteiger partial charge in [0.1, 0.15) is 0 Å². The molecule has 0 bridgehead atoms. The third-order valence-electron chi connectivity index (χ3n) is 3.03. The Labute approximate surface area is 94.5 Å². The Bertz CT molecular complexity index is 380. The molecule has 0 aliphatic carbocycles. The quantitative estimate of drug-likeness (QED) is 0.733. The number of likely N-dealkylation sites (tertiary alicyclic amines) is 1. The predicted molar refractivity (Wildman–Crippen MR) is 59.2 cm³/mol. The summed E-state index contributed by atoms with van der Waals surface area (Å²) in [5.41, 5.74) is 2.17. The number of aryl methyl sites for hydroxylation is 2. The Hall–Kier alpha value is -1.36. The Morgan fingerprint density at radius 3 is 2.88 bits per heavy atom. The van der Waals surface area contributed by atoms with E-state index in [1.165, 1.54) is 0 Å². The van der Waals surface area contributed by atoms with Crippen molar-refractivity contribution in [1.82, 2.24) is 15.1 Å². The van der Waals surface area contributed by atoms with Gasteiger partial charge in [0.15, 0.2) is 0 Å². The molecule has 2 rings (SSSR count). The molecule has 2 N–H and O–H groups in total. The van der Waals surface area contributed by atoms with E-state index in [1.807, 2.05) is 13.8 Å². The molecule has 1 fully saturated rings. The van der Waals surface area contributed by atoms with Crippen LogP contribution >= 0.6 is 0 Å². The first kappa shape index (κ1) is 11.1. The fourth-order valence-electron chi connectivity index (χ4n) is 2.16. The standard InChI is InChI=1S/C11H17N3O2/c1-7-10(8(2)13-12-7)11(16)14-5-3-4-9(15)6-14/h9,15H,3-6H2,1-2H3,(H,12,13)/t9-/m0/s1. The van der Waals surface area contributed by atoms with Gasteiger partial charge in [-0.3, -0.25) is 9.89 Å². The Morgan fingerprint density at radius 2 is 2.31 bits per heavy atom. The smallest absolute Gasteiger partial charge is 0.257 e. The molecule has 0 aromatic carbocycles. The number of amides is 1. The van der Waals surface area contributed by atoms with Gasteiger partial charge in [0.25, 0.3) is 5.91 Å². The molecular weight excluding hydrogens is 206 g/mol. The number of nitrogens with one attached hydrogen (secondary N) is 1. The highest BCUT2D eigenvalue weighted by atomic mass is 16.3. The molecule has 5 nitrogen and oxygen atoms in total. The number of aromatic nitrogens is 2. The number of piperidine rings is 1. The Balaban J connectivity index is 2.18. The second kappa shape index (κ2) is 4.25. The SMILES string of the molecule is Cc1n[nH]c(C)c1C(=O)N1CCC[C@H](O)C1. The van der Waals surface area contributed by atoms with Gasteiger partial charge in [-0.05, 0) is 26.7 Å². The fourth-order valence-corrected chi connectivity index (χ4v) is 2.16. The summed E-state index contributed by atoms with van der Waals surface area (Å²) in [5, 5.41) is 16.4. The number of carbonyl (C=O) groups excluding carboxylic acids is 1. The number of aliphatic hydroxyl groups excluding tert-OH is 1. The van der Waals surface area contributed by atoms with Gasteiger partial charge in [-0.15, -0.1) is 0 Å². The van der Waals surface area contributed by atoms with E-state index in [2.05, 4.69) is 10.2 Å². The van der Waals surface area contributed by atoms with Gasteiger partial charge >= 0.3 is 0 Å². The third-order valence-corrected chi connectivity index (χ3v) is 3.03. The predicted octanol–water partition coefficient (Wildman–Crippen LogP) is 0.623. The second-order valence-corrected chi connectivity index (χ2v) is 4.36. The number of hydrogen-bond donors (Lipinski definition) is 2. The molecule has 16 heavy (non-hydrogen) atoms. The number of hydrogen-bond acceptors (Lipinski definition) is 3. The van der Waals surface area contributed by atoms with Crippen molar-refractivity contribution in [3.8, 4) is 0 Å². The fraction of sp³-hybridized carbons (Fsp3) is 0.636. The third kappa shape index (κ3) is 1.95. The van der Waals surface area contributed by atoms with Crippen molar-refractivity contribution in [2.75, 3.05) is 13.1 Å². The van der Waals surface area contributed by atoms with Gasteiger partial charge in [0, 0.05) is 18.8 Å². The van der Waals surface area contributed by atoms with Crippen LogP contribution in [-0.4, -0.2) is 45.3 Å². The van der Waals surface area contributed by atoms with Gasteiger partial charge in [-0.2, -0.15) is 5.10 Å². The van der Waals surface area contributed by atoms with Crippen molar-refractivity contribution in [1.29, 1.82) is 0 Å². The van der Waals surface area contributed by atoms with Gasteiger partial charge < -0.3 is 10.0 Å². The molecule has 1 aliphatic heterocycles. The topological polar surface area (TPSA) is 69.2 Å². The molecule has 1 aromatic rings. The lowest BCUT2D eigenvalue weighted by atomic mass is 10.1. The summed E-state index contributed by atoms with van der Waals surface area (Å²) in [4.78, 5) is 13.9. The molecule has 2 heterocycles. The van der Waals surface area contributed by atoms with Crippen LogP contribution in [0.5, 0.6) is 0 Å². The number of rotatable bonds is 1. The molecule has 1 saturated heterocycles. The number of aliphatic hydroxyl groups is 1. The van der Waals surface area contributed by atoms with E-state index in [1.54, 1.807) is 4.90 Å². The largest absolute Gasteiger partial charge is 0.391 e. The van der Waals surface area contributed by atoms with Crippen LogP contribution in [0.4, 0.5) is 0 Å². The van der Waals surface area contributed by atoms with E-state index < -0.39 is 0 Å². The number of nitrogens with zero attached hydrogens (tertiary/aromatic N) is 2. The highest BCUT2D eigenvalue weighted by molar-refractivity contribution is 5.96. The van der Waals surface area contributed by atoms with Crippen LogP contribution in [-0.2, 0) is 0 Å². The minimum Gasteiger partial charge on any atom is -0.391 e. The molecular formula is C11H17N3O2. The number of carbonyl (C=O) groups is 1. The van der Waals surface area contributed by atoms with Crippen LogP contribution in [0.25, 0.3) is 0 Å². The van der Waals surface area contributed by atoms with Crippen molar-refractivity contribution in [3.63, 3.8) is 0 Å². The lowest BCUT2D eigenvalue weighted by Crippen LogP contribution is -2.42. The second-order valence-electron chi connectivity index (χ2n) is 4.36. The zero-order valence-corrected chi connectivity index (χ0v) is 9.66. The summed E-state index contributed by atoms with van der Waals surface area (Å²) in [6.45, 7) is 4.81. The molecule has 88 valence electrons. The maximum atomic E-state index is 12.2. The highest BCUT2D eigenvalue weighted by Crippen LogP contribution is 2.17. The summed E-state index contributed by atoms with van der Waals surface area (Å²) in [7, 11) is 0. The Morgan fingerprint density at radius 1 is 1.56 bits per heavy atom. The van der Waals surface area contributed by atoms with E-state index in [0.29, 0.717) is 12.1 Å². The molecule has 1 amide bonds. The first-order valence-corrected chi connectivity index (χ1v) is 5.58. The molecule has 1 aromatic heterocycles. The molecule has 0 unspecified atom stereocenters. The van der Waals surface area contributed by atoms with Crippen LogP contribution in [0, 0.1) is 13.8 Å². The molecule has 5 heteroatoms. The summed E-state index contributed by atoms with van der Waals surface area (Å²) in [5.74, 6) is -0.0255. The van der Waals surface area contributed by atoms with Crippen molar-refractivity contribution < 1.29 is 9.90 Å². The minimum absolute atomic E-state index is 0.0255. The van der Waals surface area contributed by atoms with Crippen molar-refractivity contribution in [2.45, 2.75) is 32.8 Å². The van der Waals surface area contributed by atoms with Crippen LogP contribution in [0.15, 0.2) is 0 Å². The average molecular weight is 223 g/mol.